The van der Waals surface area contributed by atoms with E-state index >= 15 is 0 Å². The topological polar surface area (TPSA) is 63.3 Å². The Morgan fingerprint density at radius 3 is 2.60 bits per heavy atom. The molecule has 0 saturated heterocycles. The van der Waals surface area contributed by atoms with Gasteiger partial charge in [-0.1, -0.05) is 29.3 Å². The number of nitrogens with two attached hydrogens (primary N) is 1. The lowest BCUT2D eigenvalue weighted by atomic mass is 9.90. The van der Waals surface area contributed by atoms with Gasteiger partial charge in [0.05, 0.1) is 12.0 Å². The van der Waals surface area contributed by atoms with Gasteiger partial charge in [-0.25, -0.2) is 0 Å². The predicted octanol–water partition coefficient (Wildman–Crippen LogP) is 2.64. The van der Waals surface area contributed by atoms with Crippen molar-refractivity contribution >= 4 is 29.2 Å². The van der Waals surface area contributed by atoms with Crippen molar-refractivity contribution in [2.75, 3.05) is 0 Å². The Morgan fingerprint density at radius 2 is 2.13 bits per heavy atom. The van der Waals surface area contributed by atoms with Crippen molar-refractivity contribution in [3.05, 3.63) is 33.8 Å². The zero-order valence-electron chi connectivity index (χ0n) is 8.13. The summed E-state index contributed by atoms with van der Waals surface area (Å²) in [7, 11) is 0. The standard InChI is InChI=1S/C10H11Cl2NO2/c1-10(13,5-9(14)15)7-3-2-6(11)4-8(7)12/h2-4H,5,13H2,1H3,(H,14,15). The average molecular weight is 248 g/mol. The lowest BCUT2D eigenvalue weighted by molar-refractivity contribution is -0.138. The molecule has 1 aromatic rings. The maximum atomic E-state index is 10.6. The molecule has 3 N–H and O–H groups in total. The van der Waals surface area contributed by atoms with Crippen LogP contribution in [0, 0.1) is 0 Å². The maximum Gasteiger partial charge on any atom is 0.305 e. The Kier molecular flexibility index (Phi) is 3.60. The first-order valence-electron chi connectivity index (χ1n) is 4.29. The molecule has 1 aromatic carbocycles. The van der Waals surface area contributed by atoms with E-state index in [1.807, 2.05) is 0 Å². The molecule has 0 fully saturated rings. The summed E-state index contributed by atoms with van der Waals surface area (Å²) in [6.45, 7) is 1.62. The Hall–Kier alpha value is -0.770. The molecule has 0 aliphatic carbocycles. The van der Waals surface area contributed by atoms with Gasteiger partial charge >= 0.3 is 5.97 Å². The number of hydrogen-bond donors (Lipinski definition) is 2. The summed E-state index contributed by atoms with van der Waals surface area (Å²) in [6.07, 6.45) is -0.186. The second-order valence-corrected chi connectivity index (χ2v) is 4.46. The molecule has 1 unspecified atom stereocenters. The highest BCUT2D eigenvalue weighted by Crippen LogP contribution is 2.30. The third kappa shape index (κ3) is 3.09. The average Bonchev–Trinajstić information content (AvgIpc) is 1.99. The van der Waals surface area contributed by atoms with Crippen LogP contribution in [-0.4, -0.2) is 11.1 Å². The first-order chi connectivity index (χ1) is 6.83. The fourth-order valence-electron chi connectivity index (χ4n) is 1.36. The molecule has 1 rings (SSSR count). The van der Waals surface area contributed by atoms with Gasteiger partial charge < -0.3 is 10.8 Å². The van der Waals surface area contributed by atoms with E-state index in [9.17, 15) is 4.79 Å². The van der Waals surface area contributed by atoms with Crippen LogP contribution in [0.3, 0.4) is 0 Å². The fourth-order valence-corrected chi connectivity index (χ4v) is 1.99. The SMILES string of the molecule is CC(N)(CC(=O)O)c1ccc(Cl)cc1Cl. The summed E-state index contributed by atoms with van der Waals surface area (Å²) in [5, 5.41) is 9.59. The van der Waals surface area contributed by atoms with Crippen molar-refractivity contribution in [1.29, 1.82) is 0 Å². The molecule has 5 heteroatoms. The lowest BCUT2D eigenvalue weighted by Crippen LogP contribution is -2.35. The van der Waals surface area contributed by atoms with Crippen LogP contribution in [0.5, 0.6) is 0 Å². The molecule has 0 saturated carbocycles. The van der Waals surface area contributed by atoms with Crippen LogP contribution >= 0.6 is 23.2 Å². The number of aliphatic carboxylic acids is 1. The summed E-state index contributed by atoms with van der Waals surface area (Å²) in [4.78, 5) is 10.6. The van der Waals surface area contributed by atoms with Crippen LogP contribution in [0.25, 0.3) is 0 Å². The van der Waals surface area contributed by atoms with Gasteiger partial charge in [0.15, 0.2) is 0 Å². The summed E-state index contributed by atoms with van der Waals surface area (Å²) in [5.41, 5.74) is 5.47. The molecular weight excluding hydrogens is 237 g/mol. The molecule has 0 heterocycles. The molecule has 82 valence electrons. The second kappa shape index (κ2) is 4.39. The molecule has 3 nitrogen and oxygen atoms in total. The quantitative estimate of drug-likeness (QED) is 0.864. The van der Waals surface area contributed by atoms with E-state index in [1.165, 1.54) is 0 Å². The largest absolute Gasteiger partial charge is 0.481 e. The Bertz CT molecular complexity index is 391. The van der Waals surface area contributed by atoms with E-state index in [4.69, 9.17) is 34.0 Å². The second-order valence-electron chi connectivity index (χ2n) is 3.61. The number of carboxylic acids is 1. The van der Waals surface area contributed by atoms with Crippen molar-refractivity contribution in [1.82, 2.24) is 0 Å². The first-order valence-corrected chi connectivity index (χ1v) is 5.05. The minimum atomic E-state index is -0.993. The molecule has 0 spiro atoms. The van der Waals surface area contributed by atoms with Crippen molar-refractivity contribution in [3.63, 3.8) is 0 Å². The molecule has 0 aliphatic heterocycles. The minimum absolute atomic E-state index is 0.186. The highest BCUT2D eigenvalue weighted by molar-refractivity contribution is 6.35. The normalized spacial score (nSPS) is 14.7. The van der Waals surface area contributed by atoms with Gasteiger partial charge in [0.2, 0.25) is 0 Å². The van der Waals surface area contributed by atoms with Crippen LogP contribution in [0.15, 0.2) is 18.2 Å². The molecule has 0 aromatic heterocycles. The van der Waals surface area contributed by atoms with Gasteiger partial charge in [0.25, 0.3) is 0 Å². The van der Waals surface area contributed by atoms with Crippen molar-refractivity contribution in [2.24, 2.45) is 5.73 Å². The van der Waals surface area contributed by atoms with Gasteiger partial charge in [0, 0.05) is 10.0 Å². The maximum absolute atomic E-state index is 10.6. The van der Waals surface area contributed by atoms with Gasteiger partial charge in [-0.05, 0) is 24.6 Å². The van der Waals surface area contributed by atoms with Crippen molar-refractivity contribution in [2.45, 2.75) is 18.9 Å². The van der Waals surface area contributed by atoms with Gasteiger partial charge in [-0.2, -0.15) is 0 Å². The smallest absolute Gasteiger partial charge is 0.305 e. The Balaban J connectivity index is 3.09. The zero-order valence-corrected chi connectivity index (χ0v) is 9.64. The van der Waals surface area contributed by atoms with Gasteiger partial charge in [-0.3, -0.25) is 4.79 Å². The van der Waals surface area contributed by atoms with Crippen molar-refractivity contribution < 1.29 is 9.90 Å². The van der Waals surface area contributed by atoms with E-state index in [0.717, 1.165) is 0 Å². The van der Waals surface area contributed by atoms with Crippen molar-refractivity contribution in [3.8, 4) is 0 Å². The number of hydrogen-bond acceptors (Lipinski definition) is 2. The predicted molar refractivity (Wildman–Crippen MR) is 60.3 cm³/mol. The number of halogens is 2. The minimum Gasteiger partial charge on any atom is -0.481 e. The third-order valence-electron chi connectivity index (χ3n) is 2.06. The molecule has 1 atom stereocenters. The monoisotopic (exact) mass is 247 g/mol. The van der Waals surface area contributed by atoms with Crippen LogP contribution in [0.2, 0.25) is 10.0 Å². The first kappa shape index (κ1) is 12.3. The highest BCUT2D eigenvalue weighted by Gasteiger charge is 2.26. The Labute approximate surface area is 97.8 Å². The summed E-state index contributed by atoms with van der Waals surface area (Å²) in [6, 6.07) is 4.83. The van der Waals surface area contributed by atoms with Crippen LogP contribution in [-0.2, 0) is 10.3 Å². The van der Waals surface area contributed by atoms with Gasteiger partial charge in [0.1, 0.15) is 0 Å². The third-order valence-corrected chi connectivity index (χ3v) is 2.61. The van der Waals surface area contributed by atoms with E-state index in [1.54, 1.807) is 25.1 Å². The number of carboxylic acid groups (broad SMARTS) is 1. The van der Waals surface area contributed by atoms with E-state index in [2.05, 4.69) is 0 Å². The lowest BCUT2D eigenvalue weighted by Gasteiger charge is -2.24. The summed E-state index contributed by atoms with van der Waals surface area (Å²) < 4.78 is 0. The summed E-state index contributed by atoms with van der Waals surface area (Å²) in [5.74, 6) is -0.967. The molecule has 0 amide bonds. The van der Waals surface area contributed by atoms with Crippen LogP contribution < -0.4 is 5.73 Å². The molecule has 0 bridgehead atoms. The molecule has 0 aliphatic rings. The molecule has 0 radical (unpaired) electrons. The fraction of sp³-hybridized carbons (Fsp3) is 0.300. The van der Waals surface area contributed by atoms with Crippen LogP contribution in [0.1, 0.15) is 18.9 Å². The Morgan fingerprint density at radius 1 is 1.53 bits per heavy atom. The zero-order chi connectivity index (χ0) is 11.6. The summed E-state index contributed by atoms with van der Waals surface area (Å²) >= 11 is 11.7. The molecule has 15 heavy (non-hydrogen) atoms. The van der Waals surface area contributed by atoms with Gasteiger partial charge in [-0.15, -0.1) is 0 Å². The van der Waals surface area contributed by atoms with Crippen LogP contribution in [0.4, 0.5) is 0 Å². The van der Waals surface area contributed by atoms with E-state index < -0.39 is 11.5 Å². The number of rotatable bonds is 3. The van der Waals surface area contributed by atoms with E-state index in [0.29, 0.717) is 15.6 Å². The number of carbonyl (C=O) groups is 1. The molecular formula is C10H11Cl2NO2. The number of benzene rings is 1. The highest BCUT2D eigenvalue weighted by atomic mass is 35.5. The van der Waals surface area contributed by atoms with E-state index in [-0.39, 0.29) is 6.42 Å².